The lowest BCUT2D eigenvalue weighted by molar-refractivity contribution is 0.0383. The molecule has 1 atom stereocenters. The molecule has 9 nitrogen and oxygen atoms in total. The van der Waals surface area contributed by atoms with E-state index in [4.69, 9.17) is 9.47 Å². The monoisotopic (exact) mass is 733 g/mol. The molecule has 1 aliphatic carbocycles. The fraction of sp³-hybridized carbons (Fsp3) is 0.279. The van der Waals surface area contributed by atoms with Crippen LogP contribution < -0.4 is 20.3 Å². The molecular weight excluding hydrogens is 687 g/mol. The number of nitrogens with zero attached hydrogens (tertiary/aromatic N) is 1. The number of hydrogen-bond donors (Lipinski definition) is 3. The summed E-state index contributed by atoms with van der Waals surface area (Å²) in [6, 6.07) is 42.2. The van der Waals surface area contributed by atoms with Crippen molar-refractivity contribution in [2.24, 2.45) is 0 Å². The number of aliphatic hydroxyl groups is 1. The van der Waals surface area contributed by atoms with Crippen LogP contribution in [0.2, 0.25) is 0 Å². The van der Waals surface area contributed by atoms with Crippen molar-refractivity contribution >= 4 is 21.4 Å². The van der Waals surface area contributed by atoms with Gasteiger partial charge in [0.05, 0.1) is 5.69 Å². The lowest BCUT2D eigenvalue weighted by Crippen LogP contribution is -2.43. The highest BCUT2D eigenvalue weighted by molar-refractivity contribution is 7.90. The number of sulfone groups is 1. The van der Waals surface area contributed by atoms with Crippen LogP contribution in [0.15, 0.2) is 138 Å². The second-order valence-electron chi connectivity index (χ2n) is 13.6. The number of carbonyl (C=O) groups excluding carboxylic acids is 1. The lowest BCUT2D eigenvalue weighted by atomic mass is 9.81. The first-order valence-corrected chi connectivity index (χ1v) is 19.9. The molecule has 1 amide bonds. The molecule has 6 rings (SSSR count). The average Bonchev–Trinajstić information content (AvgIpc) is 3.19. The summed E-state index contributed by atoms with van der Waals surface area (Å²) in [5.41, 5.74) is 10.4. The minimum atomic E-state index is -3.61. The van der Waals surface area contributed by atoms with E-state index in [9.17, 15) is 18.3 Å². The van der Waals surface area contributed by atoms with Gasteiger partial charge in [-0.05, 0) is 84.7 Å². The maximum atomic E-state index is 12.7. The first-order chi connectivity index (χ1) is 25.7. The summed E-state index contributed by atoms with van der Waals surface area (Å²) in [5.74, 6) is 0.805. The molecule has 0 unspecified atom stereocenters. The maximum absolute atomic E-state index is 12.7. The van der Waals surface area contributed by atoms with Gasteiger partial charge in [-0.15, -0.1) is 0 Å². The van der Waals surface area contributed by atoms with E-state index in [0.717, 1.165) is 43.2 Å². The average molecular weight is 734 g/mol. The molecule has 1 fully saturated rings. The number of benzene rings is 5. The van der Waals surface area contributed by atoms with Gasteiger partial charge in [0.1, 0.15) is 35.7 Å². The standard InChI is InChI=1S/C43H47N3O6S/c1-53(49,50)42-27-40(25-26-41(42)52-30-33-13-7-3-8-14-33)51-31-39(47)29-46(28-32-11-5-2-6-12-32)38-23-21-35(22-24-38)34-17-19-36(20-18-34)43(48)45-44-37-15-9-4-10-16-37/h2-20,25-27,35,38-39,44,47H,21-24,28-31H2,1H3,(H,45,48)/t35?,38?,39-/m0/s1. The van der Waals surface area contributed by atoms with Crippen LogP contribution in [0.1, 0.15) is 58.6 Å². The van der Waals surface area contributed by atoms with Crippen LogP contribution in [0.25, 0.3) is 0 Å². The number of hydrogen-bond acceptors (Lipinski definition) is 8. The zero-order valence-corrected chi connectivity index (χ0v) is 30.8. The van der Waals surface area contributed by atoms with Crippen molar-refractivity contribution in [3.05, 3.63) is 156 Å². The highest BCUT2D eigenvalue weighted by Crippen LogP contribution is 2.36. The van der Waals surface area contributed by atoms with E-state index >= 15 is 0 Å². The molecule has 0 bridgehead atoms. The highest BCUT2D eigenvalue weighted by atomic mass is 32.2. The Hall–Kier alpha value is -5.16. The minimum Gasteiger partial charge on any atom is -0.491 e. The van der Waals surface area contributed by atoms with Crippen molar-refractivity contribution in [3.63, 3.8) is 0 Å². The lowest BCUT2D eigenvalue weighted by Gasteiger charge is -2.38. The van der Waals surface area contributed by atoms with Crippen LogP contribution in [-0.2, 0) is 23.0 Å². The summed E-state index contributed by atoms with van der Waals surface area (Å²) in [7, 11) is -3.61. The van der Waals surface area contributed by atoms with E-state index < -0.39 is 15.9 Å². The van der Waals surface area contributed by atoms with Crippen LogP contribution in [0, 0.1) is 0 Å². The second kappa shape index (κ2) is 18.1. The van der Waals surface area contributed by atoms with Crippen molar-refractivity contribution in [2.45, 2.75) is 61.8 Å². The topological polar surface area (TPSA) is 117 Å². The van der Waals surface area contributed by atoms with Crippen LogP contribution in [0.4, 0.5) is 5.69 Å². The molecule has 0 saturated heterocycles. The van der Waals surface area contributed by atoms with Gasteiger partial charge in [0.2, 0.25) is 0 Å². The van der Waals surface area contributed by atoms with E-state index in [1.165, 1.54) is 17.2 Å². The maximum Gasteiger partial charge on any atom is 0.269 e. The van der Waals surface area contributed by atoms with Crippen molar-refractivity contribution in [3.8, 4) is 11.5 Å². The Morgan fingerprint density at radius 2 is 1.42 bits per heavy atom. The van der Waals surface area contributed by atoms with Gasteiger partial charge in [-0.1, -0.05) is 91.0 Å². The Kier molecular flexibility index (Phi) is 12.8. The number of rotatable bonds is 16. The SMILES string of the molecule is CS(=O)(=O)c1cc(OC[C@@H](O)CN(Cc2ccccc2)C2CCC(c3ccc(C(=O)NNc4ccccc4)cc3)CC2)ccc1OCc1ccccc1. The smallest absolute Gasteiger partial charge is 0.269 e. The Morgan fingerprint density at radius 3 is 2.06 bits per heavy atom. The molecule has 0 aromatic heterocycles. The second-order valence-corrected chi connectivity index (χ2v) is 15.6. The minimum absolute atomic E-state index is 0.00878. The van der Waals surface area contributed by atoms with E-state index in [2.05, 4.69) is 40.0 Å². The summed E-state index contributed by atoms with van der Waals surface area (Å²) >= 11 is 0. The van der Waals surface area contributed by atoms with Crippen LogP contribution in [0.5, 0.6) is 11.5 Å². The summed E-state index contributed by atoms with van der Waals surface area (Å²) in [6.45, 7) is 1.34. The van der Waals surface area contributed by atoms with Crippen molar-refractivity contribution in [1.82, 2.24) is 10.3 Å². The number of aliphatic hydroxyl groups excluding tert-OH is 1. The van der Waals surface area contributed by atoms with Gasteiger partial charge in [-0.3, -0.25) is 20.5 Å². The zero-order chi connectivity index (χ0) is 37.0. The molecule has 5 aromatic carbocycles. The van der Waals surface area contributed by atoms with Crippen molar-refractivity contribution in [1.29, 1.82) is 0 Å². The van der Waals surface area contributed by atoms with Gasteiger partial charge in [-0.25, -0.2) is 8.42 Å². The predicted molar refractivity (Wildman–Crippen MR) is 208 cm³/mol. The Balaban J connectivity index is 1.04. The van der Waals surface area contributed by atoms with Gasteiger partial charge in [-0.2, -0.15) is 0 Å². The molecule has 0 spiro atoms. The molecule has 5 aromatic rings. The van der Waals surface area contributed by atoms with E-state index in [1.54, 1.807) is 12.1 Å². The zero-order valence-electron chi connectivity index (χ0n) is 29.9. The number of ether oxygens (including phenoxy) is 2. The molecule has 0 aliphatic heterocycles. The van der Waals surface area contributed by atoms with Crippen LogP contribution in [0.3, 0.4) is 0 Å². The number of carbonyl (C=O) groups is 1. The molecular formula is C43H47N3O6S. The summed E-state index contributed by atoms with van der Waals surface area (Å²) in [6.07, 6.45) is 4.27. The van der Waals surface area contributed by atoms with Gasteiger partial charge >= 0.3 is 0 Å². The van der Waals surface area contributed by atoms with Crippen LogP contribution in [-0.4, -0.2) is 55.9 Å². The Morgan fingerprint density at radius 1 is 0.792 bits per heavy atom. The molecule has 53 heavy (non-hydrogen) atoms. The Bertz CT molecular complexity index is 2000. The van der Waals surface area contributed by atoms with Gasteiger partial charge in [0.15, 0.2) is 9.84 Å². The number of nitrogens with one attached hydrogen (secondary N) is 2. The third-order valence-electron chi connectivity index (χ3n) is 9.62. The third kappa shape index (κ3) is 10.9. The number of amides is 1. The summed E-state index contributed by atoms with van der Waals surface area (Å²) in [4.78, 5) is 15.1. The molecule has 1 saturated carbocycles. The molecule has 0 heterocycles. The van der Waals surface area contributed by atoms with E-state index in [0.29, 0.717) is 30.3 Å². The van der Waals surface area contributed by atoms with Crippen molar-refractivity contribution < 1.29 is 27.8 Å². The molecule has 10 heteroatoms. The first-order valence-electron chi connectivity index (χ1n) is 18.0. The van der Waals surface area contributed by atoms with Gasteiger partial charge in [0, 0.05) is 37.0 Å². The Labute approximate surface area is 312 Å². The van der Waals surface area contributed by atoms with E-state index in [1.807, 2.05) is 91.0 Å². The first kappa shape index (κ1) is 37.6. The fourth-order valence-corrected chi connectivity index (χ4v) is 7.63. The highest BCUT2D eigenvalue weighted by Gasteiger charge is 2.28. The number of para-hydroxylation sites is 1. The van der Waals surface area contributed by atoms with Gasteiger partial charge < -0.3 is 14.6 Å². The summed E-state index contributed by atoms with van der Waals surface area (Å²) in [5, 5.41) is 11.2. The summed E-state index contributed by atoms with van der Waals surface area (Å²) < 4.78 is 37.2. The van der Waals surface area contributed by atoms with Crippen molar-refractivity contribution in [2.75, 3.05) is 24.8 Å². The molecule has 1 aliphatic rings. The molecule has 0 radical (unpaired) electrons. The fourth-order valence-electron chi connectivity index (χ4n) is 6.80. The van der Waals surface area contributed by atoms with Crippen LogP contribution >= 0.6 is 0 Å². The quantitative estimate of drug-likeness (QED) is 0.0900. The number of anilines is 1. The normalized spacial score (nSPS) is 16.4. The van der Waals surface area contributed by atoms with Gasteiger partial charge in [0.25, 0.3) is 5.91 Å². The number of hydrazine groups is 1. The third-order valence-corrected chi connectivity index (χ3v) is 10.7. The van der Waals surface area contributed by atoms with E-state index in [-0.39, 0.29) is 35.8 Å². The predicted octanol–water partition coefficient (Wildman–Crippen LogP) is 7.39. The largest absolute Gasteiger partial charge is 0.491 e. The molecule has 3 N–H and O–H groups in total. The molecule has 276 valence electrons.